The molecule has 0 bridgehead atoms. The minimum atomic E-state index is -0.969. The highest BCUT2D eigenvalue weighted by Gasteiger charge is 2.22. The number of hydrogen-bond donors (Lipinski definition) is 2. The van der Waals surface area contributed by atoms with Crippen LogP contribution in [0.5, 0.6) is 5.75 Å². The zero-order valence-electron chi connectivity index (χ0n) is 22.4. The molecule has 0 aliphatic heterocycles. The number of nitrogens with one attached hydrogen (secondary N) is 1. The summed E-state index contributed by atoms with van der Waals surface area (Å²) < 4.78 is 5.27. The summed E-state index contributed by atoms with van der Waals surface area (Å²) in [5.74, 6) is -0.810. The first-order valence-corrected chi connectivity index (χ1v) is 13.1. The van der Waals surface area contributed by atoms with Gasteiger partial charge in [0.15, 0.2) is 0 Å². The molecule has 0 saturated carbocycles. The molecule has 0 heterocycles. The molecule has 2 N–H and O–H groups in total. The van der Waals surface area contributed by atoms with Gasteiger partial charge in [0.1, 0.15) is 5.75 Å². The fourth-order valence-corrected chi connectivity index (χ4v) is 4.51. The van der Waals surface area contributed by atoms with Crippen LogP contribution >= 0.6 is 0 Å². The number of hydrogen-bond acceptors (Lipinski definition) is 4. The van der Waals surface area contributed by atoms with E-state index in [9.17, 15) is 19.5 Å². The van der Waals surface area contributed by atoms with E-state index in [1.807, 2.05) is 78.9 Å². The Hall–Kier alpha value is -4.91. The zero-order chi connectivity index (χ0) is 28.3. The number of carboxylic acid groups (broad SMARTS) is 1. The summed E-state index contributed by atoms with van der Waals surface area (Å²) in [6, 6.07) is 31.5. The Labute approximate surface area is 234 Å². The fraction of sp³-hybridized carbons (Fsp3) is 0.182. The smallest absolute Gasteiger partial charge is 0.305 e. The van der Waals surface area contributed by atoms with Gasteiger partial charge in [0.2, 0.25) is 0 Å². The first kappa shape index (κ1) is 28.1. The number of carbonyl (C=O) groups is 3. The third-order valence-corrected chi connectivity index (χ3v) is 6.60. The molecule has 0 aliphatic rings. The monoisotopic (exact) mass is 536 g/mol. The molecule has 2 amide bonds. The largest absolute Gasteiger partial charge is 0.497 e. The average molecular weight is 537 g/mol. The van der Waals surface area contributed by atoms with Crippen LogP contribution in [0, 0.1) is 0 Å². The lowest BCUT2D eigenvalue weighted by Gasteiger charge is -2.24. The molecule has 0 aliphatic carbocycles. The predicted octanol–water partition coefficient (Wildman–Crippen LogP) is 5.45. The molecular weight excluding hydrogens is 504 g/mol. The Morgan fingerprint density at radius 1 is 0.750 bits per heavy atom. The van der Waals surface area contributed by atoms with Gasteiger partial charge >= 0.3 is 5.97 Å². The quantitative estimate of drug-likeness (QED) is 0.251. The normalized spacial score (nSPS) is 10.5. The second-order valence-corrected chi connectivity index (χ2v) is 9.30. The van der Waals surface area contributed by atoms with Gasteiger partial charge in [0.05, 0.1) is 13.5 Å². The Balaban J connectivity index is 1.59. The van der Waals surface area contributed by atoms with E-state index in [1.165, 1.54) is 0 Å². The number of carbonyl (C=O) groups excluding carboxylic acids is 2. The van der Waals surface area contributed by atoms with Gasteiger partial charge in [0, 0.05) is 30.8 Å². The highest BCUT2D eigenvalue weighted by atomic mass is 16.5. The van der Waals surface area contributed by atoms with Crippen LogP contribution in [-0.2, 0) is 17.8 Å². The van der Waals surface area contributed by atoms with Gasteiger partial charge in [-0.15, -0.1) is 0 Å². The maximum atomic E-state index is 13.8. The van der Waals surface area contributed by atoms with Crippen molar-refractivity contribution < 1.29 is 24.2 Å². The molecule has 4 aromatic rings. The minimum absolute atomic E-state index is 0.0814. The molecule has 0 atom stereocenters. The van der Waals surface area contributed by atoms with Crippen molar-refractivity contribution in [3.8, 4) is 16.9 Å². The summed E-state index contributed by atoms with van der Waals surface area (Å²) in [4.78, 5) is 40.1. The van der Waals surface area contributed by atoms with Crippen molar-refractivity contribution in [2.75, 3.05) is 20.2 Å². The van der Waals surface area contributed by atoms with Crippen LogP contribution < -0.4 is 10.1 Å². The lowest BCUT2D eigenvalue weighted by molar-refractivity contribution is -0.137. The van der Waals surface area contributed by atoms with E-state index in [0.717, 1.165) is 11.1 Å². The van der Waals surface area contributed by atoms with Gasteiger partial charge < -0.3 is 20.1 Å². The number of benzene rings is 4. The Bertz CT molecular complexity index is 1470. The predicted molar refractivity (Wildman–Crippen MR) is 154 cm³/mol. The summed E-state index contributed by atoms with van der Waals surface area (Å²) in [6.45, 7) is 0.762. The van der Waals surface area contributed by atoms with Gasteiger partial charge in [0.25, 0.3) is 11.8 Å². The third-order valence-electron chi connectivity index (χ3n) is 6.60. The molecule has 0 spiro atoms. The number of aliphatic carboxylic acids is 1. The van der Waals surface area contributed by atoms with Gasteiger partial charge in [-0.2, -0.15) is 0 Å². The molecule has 7 nitrogen and oxygen atoms in total. The van der Waals surface area contributed by atoms with Crippen LogP contribution in [0.4, 0.5) is 0 Å². The average Bonchev–Trinajstić information content (AvgIpc) is 3.00. The van der Waals surface area contributed by atoms with Crippen molar-refractivity contribution in [1.82, 2.24) is 10.2 Å². The molecule has 40 heavy (non-hydrogen) atoms. The highest BCUT2D eigenvalue weighted by molar-refractivity contribution is 6.06. The van der Waals surface area contributed by atoms with Crippen molar-refractivity contribution in [3.05, 3.63) is 125 Å². The number of nitrogens with zero attached hydrogens (tertiary/aromatic N) is 1. The van der Waals surface area contributed by atoms with E-state index in [-0.39, 0.29) is 24.8 Å². The van der Waals surface area contributed by atoms with Gasteiger partial charge in [-0.1, -0.05) is 78.9 Å². The number of methoxy groups -OCH3 is 1. The summed E-state index contributed by atoms with van der Waals surface area (Å²) >= 11 is 0. The standard InChI is InChI=1S/C33H32N2O5/c1-40-26-13-9-12-25(22-26)23-34-32(38)29-16-7-5-14-27(29)28-15-6-8-17-30(28)33(39)35(21-19-31(36)37)20-18-24-10-3-2-4-11-24/h2-17,22H,18-21,23H2,1H3,(H,34,38)(H,36,37). The summed E-state index contributed by atoms with van der Waals surface area (Å²) in [5.41, 5.74) is 4.03. The number of amides is 2. The van der Waals surface area contributed by atoms with Gasteiger partial charge in [-0.3, -0.25) is 14.4 Å². The second kappa shape index (κ2) is 13.8. The highest BCUT2D eigenvalue weighted by Crippen LogP contribution is 2.28. The van der Waals surface area contributed by atoms with Crippen LogP contribution in [-0.4, -0.2) is 48.0 Å². The molecule has 0 saturated heterocycles. The molecule has 0 fully saturated rings. The Morgan fingerprint density at radius 2 is 1.38 bits per heavy atom. The zero-order valence-corrected chi connectivity index (χ0v) is 22.4. The van der Waals surface area contributed by atoms with Crippen molar-refractivity contribution in [2.45, 2.75) is 19.4 Å². The fourth-order valence-electron chi connectivity index (χ4n) is 4.51. The van der Waals surface area contributed by atoms with Crippen LogP contribution in [0.25, 0.3) is 11.1 Å². The maximum Gasteiger partial charge on any atom is 0.305 e. The Kier molecular flexibility index (Phi) is 9.67. The summed E-state index contributed by atoms with van der Waals surface area (Å²) in [7, 11) is 1.59. The minimum Gasteiger partial charge on any atom is -0.497 e. The molecule has 0 unspecified atom stereocenters. The SMILES string of the molecule is COc1cccc(CNC(=O)c2ccccc2-c2ccccc2C(=O)N(CCC(=O)O)CCc2ccccc2)c1. The van der Waals surface area contributed by atoms with Crippen molar-refractivity contribution in [2.24, 2.45) is 0 Å². The van der Waals surface area contributed by atoms with E-state index in [1.54, 1.807) is 36.3 Å². The molecule has 204 valence electrons. The van der Waals surface area contributed by atoms with Crippen LogP contribution in [0.15, 0.2) is 103 Å². The van der Waals surface area contributed by atoms with Gasteiger partial charge in [-0.05, 0) is 52.9 Å². The lowest BCUT2D eigenvalue weighted by Crippen LogP contribution is -2.35. The Morgan fingerprint density at radius 3 is 2.08 bits per heavy atom. The van der Waals surface area contributed by atoms with Crippen LogP contribution in [0.3, 0.4) is 0 Å². The van der Waals surface area contributed by atoms with Crippen LogP contribution in [0.2, 0.25) is 0 Å². The molecule has 0 aromatic heterocycles. The van der Waals surface area contributed by atoms with Crippen molar-refractivity contribution >= 4 is 17.8 Å². The second-order valence-electron chi connectivity index (χ2n) is 9.30. The van der Waals surface area contributed by atoms with E-state index < -0.39 is 5.97 Å². The first-order chi connectivity index (χ1) is 19.5. The summed E-state index contributed by atoms with van der Waals surface area (Å²) in [5, 5.41) is 12.3. The van der Waals surface area contributed by atoms with E-state index in [2.05, 4.69) is 5.32 Å². The first-order valence-electron chi connectivity index (χ1n) is 13.1. The maximum absolute atomic E-state index is 13.8. The lowest BCUT2D eigenvalue weighted by atomic mass is 9.94. The number of rotatable bonds is 12. The third kappa shape index (κ3) is 7.35. The van der Waals surface area contributed by atoms with E-state index in [0.29, 0.717) is 47.5 Å². The van der Waals surface area contributed by atoms with Crippen LogP contribution in [0.1, 0.15) is 38.3 Å². The van der Waals surface area contributed by atoms with Crippen molar-refractivity contribution in [3.63, 3.8) is 0 Å². The molecule has 4 aromatic carbocycles. The molecular formula is C33H32N2O5. The van der Waals surface area contributed by atoms with Crippen molar-refractivity contribution in [1.29, 1.82) is 0 Å². The molecule has 7 heteroatoms. The van der Waals surface area contributed by atoms with E-state index in [4.69, 9.17) is 4.74 Å². The number of carboxylic acids is 1. The topological polar surface area (TPSA) is 95.9 Å². The van der Waals surface area contributed by atoms with Gasteiger partial charge in [-0.25, -0.2) is 0 Å². The molecule has 4 rings (SSSR count). The molecule has 0 radical (unpaired) electrons. The van der Waals surface area contributed by atoms with E-state index >= 15 is 0 Å². The number of ether oxygens (including phenoxy) is 1. The summed E-state index contributed by atoms with van der Waals surface area (Å²) in [6.07, 6.45) is 0.434.